The van der Waals surface area contributed by atoms with Crippen LogP contribution in [0.15, 0.2) is 24.3 Å². The lowest BCUT2D eigenvalue weighted by atomic mass is 9.66. The molecule has 1 saturated carbocycles. The van der Waals surface area contributed by atoms with Crippen LogP contribution in [0, 0.1) is 17.8 Å². The number of amides is 3. The Balaban J connectivity index is 1.47. The van der Waals surface area contributed by atoms with Crippen molar-refractivity contribution < 1.29 is 24.2 Å². The number of ether oxygens (including phenoxy) is 1. The Kier molecular flexibility index (Phi) is 7.94. The SMILES string of the molecule is CCOc1ccc(NC(=O)[C@H]2[C@H]3C(=O)N([C@@H](CO)C(C)C)C(C(=O)NC4CCCCC4)C34CC[C@]2(C)S4)cc1. The van der Waals surface area contributed by atoms with Crippen LogP contribution in [0.1, 0.15) is 72.6 Å². The average molecular weight is 558 g/mol. The number of aliphatic hydroxyl groups excluding tert-OH is 1. The van der Waals surface area contributed by atoms with Crippen molar-refractivity contribution in [1.29, 1.82) is 0 Å². The van der Waals surface area contributed by atoms with Gasteiger partial charge < -0.3 is 25.4 Å². The van der Waals surface area contributed by atoms with Crippen molar-refractivity contribution in [2.45, 2.75) is 100 Å². The van der Waals surface area contributed by atoms with Crippen molar-refractivity contribution in [1.82, 2.24) is 10.2 Å². The average Bonchev–Trinajstić information content (AvgIpc) is 3.47. The highest BCUT2D eigenvalue weighted by atomic mass is 32.2. The zero-order chi connectivity index (χ0) is 27.9. The summed E-state index contributed by atoms with van der Waals surface area (Å²) in [6.07, 6.45) is 6.74. The molecule has 1 aliphatic carbocycles. The first-order valence-electron chi connectivity index (χ1n) is 14.6. The highest BCUT2D eigenvalue weighted by Gasteiger charge is 2.77. The van der Waals surface area contributed by atoms with E-state index in [1.165, 1.54) is 6.42 Å². The number of nitrogens with one attached hydrogen (secondary N) is 2. The Morgan fingerprint density at radius 1 is 1.13 bits per heavy atom. The molecule has 5 rings (SSSR count). The van der Waals surface area contributed by atoms with Gasteiger partial charge in [-0.05, 0) is 69.7 Å². The van der Waals surface area contributed by atoms with Gasteiger partial charge in [0.15, 0.2) is 0 Å². The Morgan fingerprint density at radius 2 is 1.82 bits per heavy atom. The molecule has 8 nitrogen and oxygen atoms in total. The van der Waals surface area contributed by atoms with Crippen molar-refractivity contribution in [3.8, 4) is 5.75 Å². The number of aliphatic hydroxyl groups is 1. The lowest BCUT2D eigenvalue weighted by molar-refractivity contribution is -0.143. The van der Waals surface area contributed by atoms with Crippen LogP contribution in [0.5, 0.6) is 5.75 Å². The normalized spacial score (nSPS) is 32.8. The molecule has 1 aromatic rings. The molecule has 9 heteroatoms. The Morgan fingerprint density at radius 3 is 2.44 bits per heavy atom. The van der Waals surface area contributed by atoms with Crippen molar-refractivity contribution in [3.63, 3.8) is 0 Å². The smallest absolute Gasteiger partial charge is 0.244 e. The first-order chi connectivity index (χ1) is 18.6. The van der Waals surface area contributed by atoms with Crippen LogP contribution >= 0.6 is 11.8 Å². The molecule has 4 fully saturated rings. The molecular formula is C30H43N3O5S. The Hall–Kier alpha value is -2.26. The van der Waals surface area contributed by atoms with E-state index >= 15 is 0 Å². The number of nitrogens with zero attached hydrogens (tertiary/aromatic N) is 1. The van der Waals surface area contributed by atoms with Crippen LogP contribution < -0.4 is 15.4 Å². The summed E-state index contributed by atoms with van der Waals surface area (Å²) in [5, 5.41) is 16.7. The van der Waals surface area contributed by atoms with Crippen LogP contribution in [0.4, 0.5) is 5.69 Å². The number of hydrogen-bond acceptors (Lipinski definition) is 6. The first kappa shape index (κ1) is 28.3. The number of fused-ring (bicyclic) bond motifs is 1. The van der Waals surface area contributed by atoms with Crippen molar-refractivity contribution in [2.75, 3.05) is 18.5 Å². The topological polar surface area (TPSA) is 108 Å². The Bertz CT molecular complexity index is 1090. The maximum atomic E-state index is 14.3. The summed E-state index contributed by atoms with van der Waals surface area (Å²) in [5.74, 6) is -0.972. The molecule has 3 saturated heterocycles. The monoisotopic (exact) mass is 557 g/mol. The standard InChI is InChI=1S/C30H43N3O5S/c1-5-38-21-13-11-20(12-14-21)31-26(35)23-24-28(37)33(22(17-34)18(2)3)25(30(24)16-15-29(23,4)39-30)27(36)32-19-9-7-6-8-10-19/h11-14,18-19,22-25,34H,5-10,15-17H2,1-4H3,(H,31,35)(H,32,36)/t22-,23+,24-,25?,29-,30?/m0/s1. The second kappa shape index (κ2) is 11.0. The number of hydrogen-bond donors (Lipinski definition) is 3. The van der Waals surface area contributed by atoms with Gasteiger partial charge >= 0.3 is 0 Å². The van der Waals surface area contributed by atoms with Gasteiger partial charge in [0.25, 0.3) is 0 Å². The maximum Gasteiger partial charge on any atom is 0.244 e. The van der Waals surface area contributed by atoms with E-state index in [-0.39, 0.29) is 36.3 Å². The second-order valence-corrected chi connectivity index (χ2v) is 14.2. The summed E-state index contributed by atoms with van der Waals surface area (Å²) in [6, 6.07) is 6.19. The summed E-state index contributed by atoms with van der Waals surface area (Å²) >= 11 is 1.67. The number of benzene rings is 1. The highest BCUT2D eigenvalue weighted by molar-refractivity contribution is 8.02. The number of anilines is 1. The predicted octanol–water partition coefficient (Wildman–Crippen LogP) is 3.97. The summed E-state index contributed by atoms with van der Waals surface area (Å²) in [7, 11) is 0. The fourth-order valence-corrected chi connectivity index (χ4v) is 9.93. The molecule has 39 heavy (non-hydrogen) atoms. The van der Waals surface area contributed by atoms with Crippen molar-refractivity contribution >= 4 is 35.2 Å². The van der Waals surface area contributed by atoms with Crippen LogP contribution in [-0.4, -0.2) is 68.6 Å². The number of rotatable bonds is 9. The van der Waals surface area contributed by atoms with E-state index in [0.29, 0.717) is 18.7 Å². The van der Waals surface area contributed by atoms with E-state index in [2.05, 4.69) is 17.6 Å². The van der Waals surface area contributed by atoms with Gasteiger partial charge in [0.1, 0.15) is 11.8 Å². The van der Waals surface area contributed by atoms with Crippen LogP contribution in [-0.2, 0) is 14.4 Å². The van der Waals surface area contributed by atoms with E-state index in [1.54, 1.807) is 16.7 Å². The van der Waals surface area contributed by atoms with Gasteiger partial charge in [-0.15, -0.1) is 11.8 Å². The zero-order valence-electron chi connectivity index (χ0n) is 23.6. The molecule has 3 aliphatic heterocycles. The predicted molar refractivity (Wildman–Crippen MR) is 153 cm³/mol. The van der Waals surface area contributed by atoms with Gasteiger partial charge in [0, 0.05) is 16.5 Å². The minimum atomic E-state index is -0.702. The van der Waals surface area contributed by atoms with E-state index in [0.717, 1.165) is 37.9 Å². The number of carbonyl (C=O) groups excluding carboxylic acids is 3. The molecule has 3 amide bonds. The van der Waals surface area contributed by atoms with Gasteiger partial charge in [-0.2, -0.15) is 0 Å². The van der Waals surface area contributed by atoms with E-state index in [4.69, 9.17) is 4.74 Å². The third kappa shape index (κ3) is 4.83. The molecule has 0 radical (unpaired) electrons. The summed E-state index contributed by atoms with van der Waals surface area (Å²) < 4.78 is 4.39. The molecule has 214 valence electrons. The Labute approximate surface area is 236 Å². The molecule has 2 unspecified atom stereocenters. The lowest BCUT2D eigenvalue weighted by Gasteiger charge is -2.39. The van der Waals surface area contributed by atoms with E-state index < -0.39 is 33.4 Å². The summed E-state index contributed by atoms with van der Waals surface area (Å²) in [6.45, 7) is 8.28. The maximum absolute atomic E-state index is 14.3. The van der Waals surface area contributed by atoms with E-state index in [1.807, 2.05) is 45.0 Å². The molecule has 6 atom stereocenters. The molecule has 2 bridgehead atoms. The quantitative estimate of drug-likeness (QED) is 0.424. The van der Waals surface area contributed by atoms with Crippen LogP contribution in [0.3, 0.4) is 0 Å². The summed E-state index contributed by atoms with van der Waals surface area (Å²) in [5.41, 5.74) is 0.651. The molecular weight excluding hydrogens is 514 g/mol. The molecule has 4 aliphatic rings. The molecule has 3 N–H and O–H groups in total. The molecule has 0 aromatic heterocycles. The highest BCUT2D eigenvalue weighted by Crippen LogP contribution is 2.71. The van der Waals surface area contributed by atoms with Crippen molar-refractivity contribution in [3.05, 3.63) is 24.3 Å². The van der Waals surface area contributed by atoms with Crippen LogP contribution in [0.2, 0.25) is 0 Å². The van der Waals surface area contributed by atoms with Gasteiger partial charge in [0.05, 0.1) is 35.8 Å². The number of carbonyl (C=O) groups is 3. The van der Waals surface area contributed by atoms with Crippen LogP contribution in [0.25, 0.3) is 0 Å². The molecule has 1 spiro atoms. The number of likely N-dealkylation sites (tertiary alicyclic amines) is 1. The number of thioether (sulfide) groups is 1. The molecule has 1 aromatic carbocycles. The van der Waals surface area contributed by atoms with Gasteiger partial charge in [-0.25, -0.2) is 0 Å². The fourth-order valence-electron chi connectivity index (χ4n) is 7.59. The van der Waals surface area contributed by atoms with Crippen molar-refractivity contribution in [2.24, 2.45) is 17.8 Å². The minimum Gasteiger partial charge on any atom is -0.494 e. The largest absolute Gasteiger partial charge is 0.494 e. The van der Waals surface area contributed by atoms with Gasteiger partial charge in [0.2, 0.25) is 17.7 Å². The van der Waals surface area contributed by atoms with Gasteiger partial charge in [-0.1, -0.05) is 33.1 Å². The van der Waals surface area contributed by atoms with Gasteiger partial charge in [-0.3, -0.25) is 14.4 Å². The lowest BCUT2D eigenvalue weighted by Crippen LogP contribution is -2.59. The zero-order valence-corrected chi connectivity index (χ0v) is 24.4. The fraction of sp³-hybridized carbons (Fsp3) is 0.700. The first-order valence-corrected chi connectivity index (χ1v) is 15.4. The van der Waals surface area contributed by atoms with E-state index in [9.17, 15) is 19.5 Å². The third-order valence-electron chi connectivity index (χ3n) is 9.44. The second-order valence-electron chi connectivity index (χ2n) is 12.3. The minimum absolute atomic E-state index is 0.0342. The molecule has 3 heterocycles. The third-order valence-corrected chi connectivity index (χ3v) is 11.4. The summed E-state index contributed by atoms with van der Waals surface area (Å²) in [4.78, 5) is 44.0.